The van der Waals surface area contributed by atoms with Gasteiger partial charge >= 0.3 is 0 Å². The molecule has 0 aliphatic carbocycles. The Morgan fingerprint density at radius 3 is 2.36 bits per heavy atom. The number of carbonyl (C=O) groups excluding carboxylic acids is 2. The van der Waals surface area contributed by atoms with E-state index in [0.717, 1.165) is 0 Å². The minimum atomic E-state index is -0.352. The Kier molecular flexibility index (Phi) is 8.35. The maximum atomic E-state index is 12.8. The van der Waals surface area contributed by atoms with Gasteiger partial charge in [-0.3, -0.25) is 9.59 Å². The monoisotopic (exact) mass is 487 g/mol. The smallest absolute Gasteiger partial charge is 0.251 e. The molecule has 10 heteroatoms. The number of anilines is 1. The highest BCUT2D eigenvalue weighted by Gasteiger charge is 2.25. The highest BCUT2D eigenvalue weighted by atomic mass is 35.5. The molecule has 2 N–H and O–H groups in total. The lowest BCUT2D eigenvalue weighted by atomic mass is 10.0. The number of nitrogens with zero attached hydrogens (tertiary/aromatic N) is 3. The van der Waals surface area contributed by atoms with Gasteiger partial charge in [-0.15, -0.1) is 10.2 Å². The van der Waals surface area contributed by atoms with Crippen LogP contribution in [-0.2, 0) is 11.8 Å². The Labute approximate surface area is 202 Å². The summed E-state index contributed by atoms with van der Waals surface area (Å²) >= 11 is 7.14. The van der Waals surface area contributed by atoms with E-state index in [0.29, 0.717) is 33.0 Å². The molecule has 0 bridgehead atoms. The summed E-state index contributed by atoms with van der Waals surface area (Å²) in [7, 11) is 3.40. The Balaban J connectivity index is 1.65. The minimum Gasteiger partial charge on any atom is -0.497 e. The molecule has 0 saturated heterocycles. The van der Waals surface area contributed by atoms with Crippen molar-refractivity contribution in [2.75, 3.05) is 18.2 Å². The van der Waals surface area contributed by atoms with Crippen LogP contribution in [0.4, 0.5) is 5.69 Å². The lowest BCUT2D eigenvalue weighted by molar-refractivity contribution is -0.113. The fourth-order valence-electron chi connectivity index (χ4n) is 3.08. The molecule has 174 valence electrons. The van der Waals surface area contributed by atoms with Crippen LogP contribution in [0, 0.1) is 5.92 Å². The van der Waals surface area contributed by atoms with Crippen molar-refractivity contribution < 1.29 is 14.3 Å². The molecule has 1 heterocycles. The van der Waals surface area contributed by atoms with Crippen LogP contribution in [0.2, 0.25) is 5.02 Å². The van der Waals surface area contributed by atoms with Gasteiger partial charge in [0.05, 0.1) is 18.9 Å². The Morgan fingerprint density at radius 2 is 1.76 bits per heavy atom. The van der Waals surface area contributed by atoms with Crippen LogP contribution in [0.15, 0.2) is 53.7 Å². The fraction of sp³-hybridized carbons (Fsp3) is 0.304. The number of ether oxygens (including phenoxy) is 1. The van der Waals surface area contributed by atoms with E-state index in [1.54, 1.807) is 60.2 Å². The lowest BCUT2D eigenvalue weighted by Crippen LogP contribution is -2.33. The average Bonchev–Trinajstić information content (AvgIpc) is 3.17. The summed E-state index contributed by atoms with van der Waals surface area (Å²) in [4.78, 5) is 25.1. The number of methoxy groups -OCH3 is 1. The number of amides is 2. The fourth-order valence-corrected chi connectivity index (χ4v) is 3.92. The molecule has 0 aliphatic heterocycles. The molecule has 0 aliphatic rings. The van der Waals surface area contributed by atoms with Crippen molar-refractivity contribution in [2.45, 2.75) is 25.0 Å². The number of hydrogen-bond acceptors (Lipinski definition) is 6. The van der Waals surface area contributed by atoms with Crippen molar-refractivity contribution in [2.24, 2.45) is 13.0 Å². The Morgan fingerprint density at radius 1 is 1.09 bits per heavy atom. The maximum absolute atomic E-state index is 12.8. The quantitative estimate of drug-likeness (QED) is 0.436. The van der Waals surface area contributed by atoms with Crippen molar-refractivity contribution in [1.82, 2.24) is 20.1 Å². The van der Waals surface area contributed by atoms with Crippen LogP contribution in [0.25, 0.3) is 0 Å². The summed E-state index contributed by atoms with van der Waals surface area (Å²) in [6.45, 7) is 4.00. The molecular weight excluding hydrogens is 462 g/mol. The first-order chi connectivity index (χ1) is 15.8. The summed E-state index contributed by atoms with van der Waals surface area (Å²) in [6.07, 6.45) is 0. The second-order valence-corrected chi connectivity index (χ2v) is 9.05. The molecule has 8 nitrogen and oxygen atoms in total. The molecule has 0 fully saturated rings. The van der Waals surface area contributed by atoms with Crippen LogP contribution in [0.1, 0.15) is 36.1 Å². The molecule has 0 unspecified atom stereocenters. The third kappa shape index (κ3) is 6.49. The number of hydrogen-bond donors (Lipinski definition) is 2. The standard InChI is InChI=1S/C23H26ClN5O3S/c1-14(2)20(26-22(31)15-5-11-18(32-4)12-6-15)21-27-28-23(29(21)3)33-13-19(30)25-17-9-7-16(24)8-10-17/h5-12,14,20H,13H2,1-4H3,(H,25,30)(H,26,31)/t20-/m1/s1. The summed E-state index contributed by atoms with van der Waals surface area (Å²) < 4.78 is 6.95. The van der Waals surface area contributed by atoms with E-state index < -0.39 is 0 Å². The van der Waals surface area contributed by atoms with E-state index in [1.165, 1.54) is 11.8 Å². The van der Waals surface area contributed by atoms with Crippen LogP contribution in [0.5, 0.6) is 5.75 Å². The largest absolute Gasteiger partial charge is 0.497 e. The zero-order valence-electron chi connectivity index (χ0n) is 18.8. The van der Waals surface area contributed by atoms with Gasteiger partial charge in [-0.25, -0.2) is 0 Å². The summed E-state index contributed by atoms with van der Waals surface area (Å²) in [6, 6.07) is 13.5. The topological polar surface area (TPSA) is 98.1 Å². The number of rotatable bonds is 9. The van der Waals surface area contributed by atoms with Gasteiger partial charge in [0.15, 0.2) is 11.0 Å². The molecule has 0 saturated carbocycles. The molecule has 2 aromatic carbocycles. The zero-order valence-corrected chi connectivity index (χ0v) is 20.4. The number of aromatic nitrogens is 3. The molecule has 0 radical (unpaired) electrons. The van der Waals surface area contributed by atoms with Gasteiger partial charge in [0, 0.05) is 23.3 Å². The number of nitrogens with one attached hydrogen (secondary N) is 2. The lowest BCUT2D eigenvalue weighted by Gasteiger charge is -2.21. The van der Waals surface area contributed by atoms with Gasteiger partial charge < -0.3 is 19.9 Å². The van der Waals surface area contributed by atoms with Gasteiger partial charge in [-0.2, -0.15) is 0 Å². The van der Waals surface area contributed by atoms with Crippen LogP contribution >= 0.6 is 23.4 Å². The van der Waals surface area contributed by atoms with Crippen molar-refractivity contribution in [3.05, 3.63) is 64.9 Å². The van der Waals surface area contributed by atoms with Gasteiger partial charge in [0.25, 0.3) is 5.91 Å². The predicted octanol–water partition coefficient (Wildman–Crippen LogP) is 4.34. The normalized spacial score (nSPS) is 11.8. The van der Waals surface area contributed by atoms with Crippen molar-refractivity contribution in [3.8, 4) is 5.75 Å². The van der Waals surface area contributed by atoms with E-state index >= 15 is 0 Å². The number of benzene rings is 2. The van der Waals surface area contributed by atoms with Crippen LogP contribution in [0.3, 0.4) is 0 Å². The van der Waals surface area contributed by atoms with Gasteiger partial charge in [0.2, 0.25) is 5.91 Å². The summed E-state index contributed by atoms with van der Waals surface area (Å²) in [5.41, 5.74) is 1.20. The molecule has 2 amide bonds. The maximum Gasteiger partial charge on any atom is 0.251 e. The van der Waals surface area contributed by atoms with Gasteiger partial charge in [0.1, 0.15) is 5.75 Å². The van der Waals surface area contributed by atoms with Gasteiger partial charge in [-0.05, 0) is 54.4 Å². The predicted molar refractivity (Wildman–Crippen MR) is 130 cm³/mol. The minimum absolute atomic E-state index is 0.0705. The van der Waals surface area contributed by atoms with E-state index in [1.807, 2.05) is 20.9 Å². The first-order valence-electron chi connectivity index (χ1n) is 10.3. The number of thioether (sulfide) groups is 1. The highest BCUT2D eigenvalue weighted by molar-refractivity contribution is 7.99. The SMILES string of the molecule is COc1ccc(C(=O)N[C@@H](c2nnc(SCC(=O)Nc3ccc(Cl)cc3)n2C)C(C)C)cc1. The van der Waals surface area contributed by atoms with Crippen LogP contribution < -0.4 is 15.4 Å². The second kappa shape index (κ2) is 11.2. The summed E-state index contributed by atoms with van der Waals surface area (Å²) in [5, 5.41) is 15.6. The Hall–Kier alpha value is -3.04. The first kappa shape index (κ1) is 24.6. The molecular formula is C23H26ClN5O3S. The molecule has 1 aromatic heterocycles. The second-order valence-electron chi connectivity index (χ2n) is 7.67. The van der Waals surface area contributed by atoms with E-state index in [9.17, 15) is 9.59 Å². The number of halogens is 1. The van der Waals surface area contributed by atoms with Crippen LogP contribution in [-0.4, -0.2) is 39.4 Å². The number of carbonyl (C=O) groups is 2. The van der Waals surface area contributed by atoms with Crippen molar-refractivity contribution in [3.63, 3.8) is 0 Å². The average molecular weight is 488 g/mol. The Bertz CT molecular complexity index is 1100. The molecule has 0 spiro atoms. The molecule has 3 rings (SSSR count). The first-order valence-corrected chi connectivity index (χ1v) is 11.7. The van der Waals surface area contributed by atoms with Gasteiger partial charge in [-0.1, -0.05) is 37.2 Å². The highest BCUT2D eigenvalue weighted by Crippen LogP contribution is 2.25. The summed E-state index contributed by atoms with van der Waals surface area (Å²) in [5.74, 6) is 1.16. The molecule has 3 aromatic rings. The zero-order chi connectivity index (χ0) is 24.0. The molecule has 33 heavy (non-hydrogen) atoms. The van der Waals surface area contributed by atoms with Crippen molar-refractivity contribution >= 4 is 40.9 Å². The van der Waals surface area contributed by atoms with E-state index in [2.05, 4.69) is 20.8 Å². The van der Waals surface area contributed by atoms with E-state index in [-0.39, 0.29) is 29.5 Å². The molecule has 1 atom stereocenters. The van der Waals surface area contributed by atoms with Crippen molar-refractivity contribution in [1.29, 1.82) is 0 Å². The third-order valence-corrected chi connectivity index (χ3v) is 6.18. The third-order valence-electron chi connectivity index (χ3n) is 4.91. The van der Waals surface area contributed by atoms with E-state index in [4.69, 9.17) is 16.3 Å².